The van der Waals surface area contributed by atoms with Crippen molar-refractivity contribution >= 4 is 6.08 Å². The first-order chi connectivity index (χ1) is 3.31. The molecule has 0 spiro atoms. The molecule has 0 aliphatic rings. The molecule has 0 fully saturated rings. The van der Waals surface area contributed by atoms with Crippen molar-refractivity contribution in [3.8, 4) is 12.5 Å². The maximum atomic E-state index is 9.35. The molecule has 0 saturated carbocycles. The summed E-state index contributed by atoms with van der Waals surface area (Å²) in [5.41, 5.74) is 0. The molecule has 0 amide bonds. The molecule has 7 heavy (non-hydrogen) atoms. The number of isocyanates is 1. The third kappa shape index (κ3) is 2.54. The van der Waals surface area contributed by atoms with Gasteiger partial charge in [-0.15, -0.1) is 0 Å². The molecular formula is C4H4N2O. The molecule has 0 atom stereocenters. The maximum absolute atomic E-state index is 9.35. The zero-order valence-corrected chi connectivity index (χ0v) is 3.88. The highest BCUT2D eigenvalue weighted by atomic mass is 16.1. The molecule has 0 radical (unpaired) electrons. The van der Waals surface area contributed by atoms with Crippen LogP contribution in [0.2, 0.25) is 0 Å². The van der Waals surface area contributed by atoms with E-state index in [-0.39, 0.29) is 0 Å². The van der Waals surface area contributed by atoms with Crippen molar-refractivity contribution in [2.45, 2.75) is 0 Å². The molecule has 0 heterocycles. The molecule has 3 heteroatoms. The second-order valence-corrected chi connectivity index (χ2v) is 0.844. The van der Waals surface area contributed by atoms with Crippen LogP contribution in [-0.4, -0.2) is 18.1 Å². The lowest BCUT2D eigenvalue weighted by molar-refractivity contribution is 0.495. The summed E-state index contributed by atoms with van der Waals surface area (Å²) in [6.07, 6.45) is 6.04. The predicted molar refractivity (Wildman–Crippen MR) is 24.7 cm³/mol. The van der Waals surface area contributed by atoms with Crippen LogP contribution in [0, 0.1) is 12.5 Å². The summed E-state index contributed by atoms with van der Waals surface area (Å²) in [6, 6.07) is 2.07. The minimum absolute atomic E-state index is 1.03. The summed E-state index contributed by atoms with van der Waals surface area (Å²) >= 11 is 0. The van der Waals surface area contributed by atoms with Crippen LogP contribution in [-0.2, 0) is 4.79 Å². The van der Waals surface area contributed by atoms with Crippen LogP contribution in [0.15, 0.2) is 5.10 Å². The minimum Gasteiger partial charge on any atom is -0.215 e. The van der Waals surface area contributed by atoms with Crippen molar-refractivity contribution in [1.82, 2.24) is 5.01 Å². The number of hydrazone groups is 1. The van der Waals surface area contributed by atoms with Gasteiger partial charge in [-0.3, -0.25) is 0 Å². The Labute approximate surface area is 41.6 Å². The number of hydrogen-bond acceptors (Lipinski definition) is 3. The van der Waals surface area contributed by atoms with Crippen LogP contribution in [0.3, 0.4) is 0 Å². The third-order valence-electron chi connectivity index (χ3n) is 0.378. The molecular weight excluding hydrogens is 92.1 g/mol. The summed E-state index contributed by atoms with van der Waals surface area (Å²) in [7, 11) is 1.48. The van der Waals surface area contributed by atoms with Gasteiger partial charge < -0.3 is 0 Å². The van der Waals surface area contributed by atoms with Gasteiger partial charge in [0.25, 0.3) is 6.08 Å². The van der Waals surface area contributed by atoms with Gasteiger partial charge in [0.1, 0.15) is 0 Å². The van der Waals surface area contributed by atoms with E-state index in [0.29, 0.717) is 0 Å². The van der Waals surface area contributed by atoms with Crippen molar-refractivity contribution in [2.75, 3.05) is 7.05 Å². The van der Waals surface area contributed by atoms with E-state index in [1.807, 2.05) is 0 Å². The fourth-order valence-electron chi connectivity index (χ4n) is 0.0901. The van der Waals surface area contributed by atoms with Gasteiger partial charge in [0, 0.05) is 13.1 Å². The van der Waals surface area contributed by atoms with Gasteiger partial charge in [-0.05, 0) is 0 Å². The Morgan fingerprint density at radius 3 is 2.57 bits per heavy atom. The van der Waals surface area contributed by atoms with Gasteiger partial charge >= 0.3 is 0 Å². The predicted octanol–water partition coefficient (Wildman–Crippen LogP) is -0.240. The molecule has 0 aliphatic heterocycles. The fraction of sp³-hybridized carbons (Fsp3) is 0.250. The smallest absolute Gasteiger partial charge is 0.215 e. The first-order valence-corrected chi connectivity index (χ1v) is 1.59. The number of rotatable bonds is 1. The molecule has 3 nitrogen and oxygen atoms in total. The molecule has 0 aliphatic carbocycles. The van der Waals surface area contributed by atoms with Gasteiger partial charge in [0.2, 0.25) is 0 Å². The van der Waals surface area contributed by atoms with Crippen LogP contribution in [0.1, 0.15) is 0 Å². The normalized spacial score (nSPS) is 5.71. The second kappa shape index (κ2) is 2.95. The third-order valence-corrected chi connectivity index (χ3v) is 0.378. The second-order valence-electron chi connectivity index (χ2n) is 0.844. The van der Waals surface area contributed by atoms with E-state index in [1.54, 1.807) is 0 Å². The Balaban J connectivity index is 3.64. The number of nitrogens with zero attached hydrogens (tertiary/aromatic N) is 2. The Morgan fingerprint density at radius 1 is 1.86 bits per heavy atom. The summed E-state index contributed by atoms with van der Waals surface area (Å²) < 4.78 is 0. The average molecular weight is 96.1 g/mol. The monoisotopic (exact) mass is 96.0 g/mol. The largest absolute Gasteiger partial charge is 0.259 e. The molecule has 0 unspecified atom stereocenters. The molecule has 0 aromatic carbocycles. The van der Waals surface area contributed by atoms with E-state index in [1.165, 1.54) is 13.1 Å². The average Bonchev–Trinajstić information content (AvgIpc) is 1.68. The fourth-order valence-corrected chi connectivity index (χ4v) is 0.0901. The van der Waals surface area contributed by atoms with E-state index < -0.39 is 0 Å². The molecule has 0 rings (SSSR count). The van der Waals surface area contributed by atoms with Crippen LogP contribution < -0.4 is 0 Å². The molecule has 36 valence electrons. The first kappa shape index (κ1) is 5.74. The van der Waals surface area contributed by atoms with E-state index in [2.05, 4.69) is 11.1 Å². The van der Waals surface area contributed by atoms with Crippen molar-refractivity contribution in [3.05, 3.63) is 0 Å². The van der Waals surface area contributed by atoms with Crippen molar-refractivity contribution in [2.24, 2.45) is 5.10 Å². The zero-order valence-electron chi connectivity index (χ0n) is 3.88. The highest BCUT2D eigenvalue weighted by Crippen LogP contribution is 1.70. The summed E-state index contributed by atoms with van der Waals surface area (Å²) in [4.78, 5) is 9.35. The first-order valence-electron chi connectivity index (χ1n) is 1.59. The van der Waals surface area contributed by atoms with Crippen molar-refractivity contribution in [1.29, 1.82) is 0 Å². The summed E-state index contributed by atoms with van der Waals surface area (Å²) in [6.45, 7) is 0. The number of terminal acetylenes is 1. The molecule has 0 N–H and O–H groups in total. The SMILES string of the molecule is C#CN(C)N=C=O. The standard InChI is InChI=1S/C4H4N2O/c1-3-6(2)5-4-7/h1H,2H3. The lowest BCUT2D eigenvalue weighted by atomic mass is 11.0. The lowest BCUT2D eigenvalue weighted by Crippen LogP contribution is -1.98. The van der Waals surface area contributed by atoms with Gasteiger partial charge in [0.05, 0.1) is 0 Å². The van der Waals surface area contributed by atoms with Crippen molar-refractivity contribution in [3.63, 3.8) is 0 Å². The van der Waals surface area contributed by atoms with Crippen molar-refractivity contribution < 1.29 is 4.79 Å². The Hall–Kier alpha value is -1.26. The Morgan fingerprint density at radius 2 is 2.43 bits per heavy atom. The van der Waals surface area contributed by atoms with Crippen LogP contribution in [0.5, 0.6) is 0 Å². The number of hydrogen-bond donors (Lipinski definition) is 0. The molecule has 0 aromatic rings. The molecule has 0 aromatic heterocycles. The van der Waals surface area contributed by atoms with E-state index in [0.717, 1.165) is 5.01 Å². The van der Waals surface area contributed by atoms with Gasteiger partial charge in [-0.1, -0.05) is 11.5 Å². The quantitative estimate of drug-likeness (QED) is 0.148. The van der Waals surface area contributed by atoms with E-state index >= 15 is 0 Å². The van der Waals surface area contributed by atoms with Gasteiger partial charge in [-0.2, -0.15) is 0 Å². The Kier molecular flexibility index (Phi) is 2.42. The summed E-state index contributed by atoms with van der Waals surface area (Å²) in [5.74, 6) is 0. The molecule has 0 saturated heterocycles. The Bertz CT molecular complexity index is 129. The van der Waals surface area contributed by atoms with E-state index in [9.17, 15) is 4.79 Å². The highest BCUT2D eigenvalue weighted by Gasteiger charge is 1.74. The summed E-state index contributed by atoms with van der Waals surface area (Å²) in [5, 5.41) is 4.07. The van der Waals surface area contributed by atoms with Gasteiger partial charge in [-0.25, -0.2) is 9.80 Å². The maximum Gasteiger partial charge on any atom is 0.259 e. The van der Waals surface area contributed by atoms with Crippen LogP contribution in [0.25, 0.3) is 0 Å². The zero-order chi connectivity index (χ0) is 5.70. The van der Waals surface area contributed by atoms with Crippen LogP contribution in [0.4, 0.5) is 0 Å². The van der Waals surface area contributed by atoms with Gasteiger partial charge in [0.15, 0.2) is 0 Å². The van der Waals surface area contributed by atoms with E-state index in [4.69, 9.17) is 6.42 Å². The topological polar surface area (TPSA) is 32.7 Å². The minimum atomic E-state index is 1.03. The lowest BCUT2D eigenvalue weighted by Gasteiger charge is -1.92. The van der Waals surface area contributed by atoms with Crippen LogP contribution >= 0.6 is 0 Å². The number of carbonyl (C=O) groups excluding carboxylic acids is 1. The molecule has 0 bridgehead atoms. The highest BCUT2D eigenvalue weighted by molar-refractivity contribution is 5.32.